The number of alkyl halides is 3. The number of urea groups is 1. The number of likely N-dealkylation sites (N-methyl/N-ethyl adjacent to an activating group) is 1. The maximum atomic E-state index is 14.1. The minimum Gasteiger partial charge on any atom is -0.463 e. The molecule has 0 bridgehead atoms. The van der Waals surface area contributed by atoms with Crippen LogP contribution in [-0.4, -0.2) is 164 Å². The number of para-hydroxylation sites is 1. The van der Waals surface area contributed by atoms with Crippen LogP contribution in [-0.2, 0) is 38.1 Å². The first-order chi connectivity index (χ1) is 27.7. The van der Waals surface area contributed by atoms with E-state index in [4.69, 9.17) is 26.8 Å². The highest BCUT2D eigenvalue weighted by molar-refractivity contribution is 6.33. The van der Waals surface area contributed by atoms with Crippen LogP contribution in [0.2, 0.25) is 5.02 Å². The van der Waals surface area contributed by atoms with Gasteiger partial charge in [-0.1, -0.05) is 29.8 Å². The lowest BCUT2D eigenvalue weighted by Gasteiger charge is -2.43. The van der Waals surface area contributed by atoms with Crippen LogP contribution in [0, 0.1) is 0 Å². The number of hydrogen-bond donors (Lipinski definition) is 2. The maximum Gasteiger partial charge on any atom is 0.418 e. The number of piperidine rings is 2. The Hall–Kier alpha value is -4.32. The number of nitrogens with one attached hydrogen (secondary N) is 1. The van der Waals surface area contributed by atoms with Crippen molar-refractivity contribution in [3.05, 3.63) is 58.1 Å². The Bertz CT molecular complexity index is 1780. The second-order valence-electron chi connectivity index (χ2n) is 15.8. The van der Waals surface area contributed by atoms with Crippen LogP contribution in [0.1, 0.15) is 42.4 Å². The van der Waals surface area contributed by atoms with Crippen molar-refractivity contribution >= 4 is 47.0 Å². The highest BCUT2D eigenvalue weighted by Crippen LogP contribution is 2.38. The maximum absolute atomic E-state index is 14.1. The van der Waals surface area contributed by atoms with E-state index in [0.29, 0.717) is 78.0 Å². The Morgan fingerprint density at radius 1 is 0.931 bits per heavy atom. The second-order valence-corrected chi connectivity index (χ2v) is 16.2. The summed E-state index contributed by atoms with van der Waals surface area (Å²) in [5, 5.41) is 2.67. The predicted octanol–water partition coefficient (Wildman–Crippen LogP) is 4.26. The Balaban J connectivity index is 1.06. The summed E-state index contributed by atoms with van der Waals surface area (Å²) in [6.45, 7) is 6.00. The smallest absolute Gasteiger partial charge is 0.418 e. The van der Waals surface area contributed by atoms with Gasteiger partial charge < -0.3 is 40.1 Å². The normalized spacial score (nSPS) is 19.7. The number of esters is 1. The first-order valence-corrected chi connectivity index (χ1v) is 20.4. The zero-order valence-corrected chi connectivity index (χ0v) is 33.9. The van der Waals surface area contributed by atoms with Crippen molar-refractivity contribution in [2.75, 3.05) is 104 Å². The van der Waals surface area contributed by atoms with Crippen molar-refractivity contribution in [2.24, 2.45) is 0 Å². The molecule has 3 N–H and O–H groups in total. The van der Waals surface area contributed by atoms with E-state index < -0.39 is 35.5 Å². The molecule has 0 unspecified atom stereocenters. The van der Waals surface area contributed by atoms with Gasteiger partial charge in [0.25, 0.3) is 5.91 Å². The van der Waals surface area contributed by atoms with E-state index in [2.05, 4.69) is 15.1 Å². The summed E-state index contributed by atoms with van der Waals surface area (Å²) in [6.07, 6.45) is -4.31. The van der Waals surface area contributed by atoms with E-state index in [-0.39, 0.29) is 60.7 Å². The van der Waals surface area contributed by atoms with Gasteiger partial charge in [-0.2, -0.15) is 13.2 Å². The van der Waals surface area contributed by atoms with Crippen LogP contribution in [0.4, 0.5) is 34.1 Å². The van der Waals surface area contributed by atoms with Crippen LogP contribution in [0.3, 0.4) is 0 Å². The molecule has 0 spiro atoms. The number of piperazine rings is 1. The third-order valence-corrected chi connectivity index (χ3v) is 11.9. The van der Waals surface area contributed by atoms with Crippen LogP contribution < -0.4 is 11.1 Å². The standard InChI is InChI=1S/C40H54ClF3N8O6/c1-47(2)21-22-57-35(53)26-48-17-19-49(20-18-48)29-8-12-50(13-9-29)37(54)34(25-27-23-31(40(42,43)44)36(45)32(41)24-27)58-39(56)51-14-10-30(11-15-51)52-16-7-28-5-3-4-6-33(28)46-38(52)55/h3-6,23-24,29-30,34H,7-22,25-26,45H2,1-2H3,(H,46,55)/t34-/m1/s1. The third-order valence-electron chi connectivity index (χ3n) is 11.6. The molecule has 3 saturated heterocycles. The first kappa shape index (κ1) is 43.3. The molecule has 4 heterocycles. The van der Waals surface area contributed by atoms with E-state index >= 15 is 0 Å². The molecule has 14 nitrogen and oxygen atoms in total. The van der Waals surface area contributed by atoms with Gasteiger partial charge in [-0.05, 0) is 75.5 Å². The summed E-state index contributed by atoms with van der Waals surface area (Å²) in [5.74, 6) is -0.743. The number of halogens is 4. The number of benzene rings is 2. The summed E-state index contributed by atoms with van der Waals surface area (Å²) >= 11 is 6.14. The number of amides is 4. The quantitative estimate of drug-likeness (QED) is 0.249. The molecule has 4 aliphatic rings. The number of hydrogen-bond acceptors (Lipinski definition) is 10. The molecule has 0 radical (unpaired) electrons. The molecule has 1 atom stereocenters. The topological polar surface area (TPSA) is 144 Å². The number of likely N-dealkylation sites (tertiary alicyclic amines) is 2. The van der Waals surface area contributed by atoms with E-state index in [1.54, 1.807) is 9.80 Å². The number of carbonyl (C=O) groups excluding carboxylic acids is 4. The minimum absolute atomic E-state index is 0.0545. The van der Waals surface area contributed by atoms with Crippen LogP contribution in [0.5, 0.6) is 0 Å². The van der Waals surface area contributed by atoms with Crippen LogP contribution >= 0.6 is 11.6 Å². The molecular weight excluding hydrogens is 781 g/mol. The largest absolute Gasteiger partial charge is 0.463 e. The van der Waals surface area contributed by atoms with Gasteiger partial charge in [0.2, 0.25) is 0 Å². The molecule has 18 heteroatoms. The number of ether oxygens (including phenoxy) is 2. The summed E-state index contributed by atoms with van der Waals surface area (Å²) in [5.41, 5.74) is 5.82. The SMILES string of the molecule is CN(C)CCOC(=O)CN1CCN(C2CCN(C(=O)[C@@H](Cc3cc(Cl)c(N)c(C(F)(F)F)c3)OC(=O)N3CCC(N4CCc5ccccc5NC4=O)CC3)CC2)CC1. The van der Waals surface area contributed by atoms with Gasteiger partial charge in [0, 0.05) is 89.6 Å². The van der Waals surface area contributed by atoms with Gasteiger partial charge in [-0.15, -0.1) is 0 Å². The lowest BCUT2D eigenvalue weighted by Crippen LogP contribution is -2.55. The number of carbonyl (C=O) groups is 4. The number of rotatable bonds is 11. The average Bonchev–Trinajstić information content (AvgIpc) is 3.36. The van der Waals surface area contributed by atoms with Crippen molar-refractivity contribution in [2.45, 2.75) is 62.9 Å². The lowest BCUT2D eigenvalue weighted by molar-refractivity contribution is -0.145. The summed E-state index contributed by atoms with van der Waals surface area (Å²) in [7, 11) is 3.83. The van der Waals surface area contributed by atoms with Crippen molar-refractivity contribution in [1.82, 2.24) is 29.4 Å². The van der Waals surface area contributed by atoms with Gasteiger partial charge in [0.05, 0.1) is 22.8 Å². The average molecular weight is 835 g/mol. The highest BCUT2D eigenvalue weighted by atomic mass is 35.5. The van der Waals surface area contributed by atoms with Gasteiger partial charge >= 0.3 is 24.3 Å². The van der Waals surface area contributed by atoms with Crippen molar-refractivity contribution < 1.29 is 41.8 Å². The molecule has 3 fully saturated rings. The zero-order valence-electron chi connectivity index (χ0n) is 33.1. The Kier molecular flexibility index (Phi) is 14.3. The summed E-state index contributed by atoms with van der Waals surface area (Å²) in [6, 6.07) is 9.66. The number of nitrogens with two attached hydrogens (primary N) is 1. The molecule has 2 aromatic carbocycles. The van der Waals surface area contributed by atoms with Crippen molar-refractivity contribution in [3.63, 3.8) is 0 Å². The van der Waals surface area contributed by atoms with Gasteiger partial charge in [-0.25, -0.2) is 9.59 Å². The molecule has 6 rings (SSSR count). The first-order valence-electron chi connectivity index (χ1n) is 20.0. The van der Waals surface area contributed by atoms with E-state index in [1.165, 1.54) is 11.0 Å². The minimum atomic E-state index is -4.79. The molecule has 58 heavy (non-hydrogen) atoms. The molecule has 318 valence electrons. The van der Waals surface area contributed by atoms with Gasteiger partial charge in [-0.3, -0.25) is 19.4 Å². The second kappa shape index (κ2) is 19.2. The molecule has 0 aromatic heterocycles. The monoisotopic (exact) mass is 834 g/mol. The van der Waals surface area contributed by atoms with Crippen molar-refractivity contribution in [3.8, 4) is 0 Å². The van der Waals surface area contributed by atoms with Crippen LogP contribution in [0.25, 0.3) is 0 Å². The molecule has 4 aliphatic heterocycles. The van der Waals surface area contributed by atoms with Gasteiger partial charge in [0.15, 0.2) is 6.10 Å². The Labute approximate surface area is 342 Å². The molecule has 0 aliphatic carbocycles. The Morgan fingerprint density at radius 2 is 1.59 bits per heavy atom. The fraction of sp³-hybridized carbons (Fsp3) is 0.600. The Morgan fingerprint density at radius 3 is 2.26 bits per heavy atom. The summed E-state index contributed by atoms with van der Waals surface area (Å²) in [4.78, 5) is 64.5. The molecule has 0 saturated carbocycles. The number of anilines is 2. The predicted molar refractivity (Wildman–Crippen MR) is 212 cm³/mol. The van der Waals surface area contributed by atoms with E-state index in [1.807, 2.05) is 43.3 Å². The molecule has 4 amide bonds. The molecular formula is C40H54ClF3N8O6. The third kappa shape index (κ3) is 11.0. The van der Waals surface area contributed by atoms with Gasteiger partial charge in [0.1, 0.15) is 6.61 Å². The fourth-order valence-corrected chi connectivity index (χ4v) is 8.47. The zero-order chi connectivity index (χ0) is 41.6. The molecule has 2 aromatic rings. The van der Waals surface area contributed by atoms with E-state index in [0.717, 1.165) is 30.4 Å². The fourth-order valence-electron chi connectivity index (χ4n) is 8.23. The van der Waals surface area contributed by atoms with Crippen LogP contribution in [0.15, 0.2) is 36.4 Å². The highest BCUT2D eigenvalue weighted by Gasteiger charge is 2.38. The van der Waals surface area contributed by atoms with Crippen molar-refractivity contribution in [1.29, 1.82) is 0 Å². The summed E-state index contributed by atoms with van der Waals surface area (Å²) < 4.78 is 52.9. The number of fused-ring (bicyclic) bond motifs is 1. The van der Waals surface area contributed by atoms with E-state index in [9.17, 15) is 32.3 Å². The lowest BCUT2D eigenvalue weighted by atomic mass is 9.99. The number of nitrogens with zero attached hydrogens (tertiary/aromatic N) is 6. The number of nitrogen functional groups attached to an aromatic ring is 1.